The Kier molecular flexibility index (Phi) is 6.47. The molecule has 4 aromatic carbocycles. The van der Waals surface area contributed by atoms with Crippen LogP contribution in [0.3, 0.4) is 0 Å². The van der Waals surface area contributed by atoms with Gasteiger partial charge in [-0.3, -0.25) is 9.10 Å². The first-order valence-electron chi connectivity index (χ1n) is 10.7. The Morgan fingerprint density at radius 1 is 0.818 bits per heavy atom. The van der Waals surface area contributed by atoms with Crippen LogP contribution in [0.15, 0.2) is 97.1 Å². The summed E-state index contributed by atoms with van der Waals surface area (Å²) in [6.07, 6.45) is 1.12. The first-order chi connectivity index (χ1) is 15.8. The van der Waals surface area contributed by atoms with Crippen LogP contribution in [0.4, 0.5) is 5.69 Å². The highest BCUT2D eigenvalue weighted by Crippen LogP contribution is 2.29. The fourth-order valence-corrected chi connectivity index (χ4v) is 4.78. The van der Waals surface area contributed by atoms with Gasteiger partial charge in [-0.25, -0.2) is 8.42 Å². The first kappa shape index (κ1) is 22.6. The number of hydrogen-bond acceptors (Lipinski definition) is 3. The minimum Gasteiger partial charge on any atom is -0.344 e. The van der Waals surface area contributed by atoms with Crippen LogP contribution in [0.5, 0.6) is 0 Å². The van der Waals surface area contributed by atoms with E-state index in [-0.39, 0.29) is 12.5 Å². The van der Waals surface area contributed by atoms with Gasteiger partial charge in [-0.1, -0.05) is 96.6 Å². The number of carbonyl (C=O) groups excluding carboxylic acids is 1. The summed E-state index contributed by atoms with van der Waals surface area (Å²) in [6.45, 7) is 1.69. The Morgan fingerprint density at radius 2 is 1.42 bits per heavy atom. The second kappa shape index (κ2) is 9.46. The molecule has 6 heteroatoms. The largest absolute Gasteiger partial charge is 0.344 e. The normalized spacial score (nSPS) is 12.3. The number of hydrogen-bond donors (Lipinski definition) is 1. The summed E-state index contributed by atoms with van der Waals surface area (Å²) in [4.78, 5) is 13.2. The first-order valence-corrected chi connectivity index (χ1v) is 12.5. The van der Waals surface area contributed by atoms with E-state index in [2.05, 4.69) is 5.32 Å². The number of nitrogens with one attached hydrogen (secondary N) is 1. The number of sulfonamides is 1. The van der Waals surface area contributed by atoms with E-state index < -0.39 is 16.1 Å². The lowest BCUT2D eigenvalue weighted by Crippen LogP contribution is -2.42. The molecule has 5 nitrogen and oxygen atoms in total. The molecule has 0 aliphatic carbocycles. The second-order valence-electron chi connectivity index (χ2n) is 8.09. The van der Waals surface area contributed by atoms with Gasteiger partial charge in [-0.2, -0.15) is 0 Å². The summed E-state index contributed by atoms with van der Waals surface area (Å²) in [7, 11) is -3.70. The minimum absolute atomic E-state index is 0.317. The van der Waals surface area contributed by atoms with E-state index in [4.69, 9.17) is 0 Å². The summed E-state index contributed by atoms with van der Waals surface area (Å²) in [5.74, 6) is -0.386. The molecule has 1 unspecified atom stereocenters. The molecule has 0 aliphatic rings. The molecule has 0 aliphatic heterocycles. The maximum atomic E-state index is 13.2. The molecule has 0 fully saturated rings. The average molecular weight is 459 g/mol. The number of carbonyl (C=O) groups is 1. The Morgan fingerprint density at radius 3 is 2.12 bits per heavy atom. The molecular weight excluding hydrogens is 432 g/mol. The summed E-state index contributed by atoms with van der Waals surface area (Å²) in [5.41, 5.74) is 3.45. The number of amides is 1. The third-order valence-electron chi connectivity index (χ3n) is 5.57. The third-order valence-corrected chi connectivity index (χ3v) is 6.70. The fraction of sp³-hybridized carbons (Fsp3) is 0.148. The lowest BCUT2D eigenvalue weighted by atomic mass is 9.98. The van der Waals surface area contributed by atoms with Crippen molar-refractivity contribution in [3.05, 3.63) is 114 Å². The Bertz CT molecular complexity index is 1360. The van der Waals surface area contributed by atoms with Crippen LogP contribution in [0.1, 0.15) is 22.7 Å². The highest BCUT2D eigenvalue weighted by Gasteiger charge is 2.25. The lowest BCUT2D eigenvalue weighted by Gasteiger charge is -2.26. The maximum Gasteiger partial charge on any atom is 0.241 e. The van der Waals surface area contributed by atoms with E-state index in [1.807, 2.05) is 91.9 Å². The van der Waals surface area contributed by atoms with Gasteiger partial charge in [0.1, 0.15) is 6.54 Å². The van der Waals surface area contributed by atoms with Gasteiger partial charge >= 0.3 is 0 Å². The van der Waals surface area contributed by atoms with Crippen molar-refractivity contribution in [2.24, 2.45) is 0 Å². The average Bonchev–Trinajstić information content (AvgIpc) is 2.81. The second-order valence-corrected chi connectivity index (χ2v) is 10.00. The van der Waals surface area contributed by atoms with E-state index in [0.717, 1.165) is 33.7 Å². The number of rotatable bonds is 7. The Labute approximate surface area is 194 Å². The lowest BCUT2D eigenvalue weighted by molar-refractivity contribution is -0.120. The molecule has 1 N–H and O–H groups in total. The Hall–Kier alpha value is -3.64. The van der Waals surface area contributed by atoms with Crippen molar-refractivity contribution in [3.8, 4) is 0 Å². The predicted molar refractivity (Wildman–Crippen MR) is 134 cm³/mol. The number of fused-ring (bicyclic) bond motifs is 1. The highest BCUT2D eigenvalue weighted by atomic mass is 32.2. The fourth-order valence-electron chi connectivity index (χ4n) is 3.91. The molecule has 0 saturated heterocycles. The molecule has 1 amide bonds. The molecule has 0 saturated carbocycles. The van der Waals surface area contributed by atoms with Crippen LogP contribution in [0.25, 0.3) is 10.8 Å². The molecule has 168 valence electrons. The smallest absolute Gasteiger partial charge is 0.241 e. The van der Waals surface area contributed by atoms with Gasteiger partial charge < -0.3 is 5.32 Å². The molecule has 1 atom stereocenters. The molecule has 4 aromatic rings. The summed E-state index contributed by atoms with van der Waals surface area (Å²) < 4.78 is 26.6. The monoisotopic (exact) mass is 458 g/mol. The van der Waals surface area contributed by atoms with Crippen LogP contribution >= 0.6 is 0 Å². The third kappa shape index (κ3) is 5.23. The Balaban J connectivity index is 1.67. The van der Waals surface area contributed by atoms with E-state index >= 15 is 0 Å². The summed E-state index contributed by atoms with van der Waals surface area (Å²) in [5, 5.41) is 4.73. The number of aryl methyl sites for hydroxylation is 1. The van der Waals surface area contributed by atoms with Crippen LogP contribution in [0, 0.1) is 6.92 Å². The quantitative estimate of drug-likeness (QED) is 0.432. The topological polar surface area (TPSA) is 66.5 Å². The van der Waals surface area contributed by atoms with Crippen LogP contribution in [0.2, 0.25) is 0 Å². The zero-order valence-electron chi connectivity index (χ0n) is 18.6. The van der Waals surface area contributed by atoms with Gasteiger partial charge in [0.05, 0.1) is 18.0 Å². The van der Waals surface area contributed by atoms with Crippen LogP contribution in [-0.4, -0.2) is 27.1 Å². The molecule has 0 radical (unpaired) electrons. The number of benzene rings is 4. The van der Waals surface area contributed by atoms with Crippen molar-refractivity contribution in [1.29, 1.82) is 0 Å². The zero-order chi connectivity index (χ0) is 23.4. The zero-order valence-corrected chi connectivity index (χ0v) is 19.4. The molecule has 0 bridgehead atoms. The van der Waals surface area contributed by atoms with Crippen molar-refractivity contribution in [2.45, 2.75) is 13.0 Å². The van der Waals surface area contributed by atoms with E-state index in [9.17, 15) is 13.2 Å². The molecule has 0 aromatic heterocycles. The van der Waals surface area contributed by atoms with Gasteiger partial charge in [0, 0.05) is 5.39 Å². The van der Waals surface area contributed by atoms with Gasteiger partial charge in [0.15, 0.2) is 0 Å². The predicted octanol–water partition coefficient (Wildman–Crippen LogP) is 4.82. The number of nitrogens with zero attached hydrogens (tertiary/aromatic N) is 1. The molecule has 0 spiro atoms. The SMILES string of the molecule is Cc1ccc(C(NC(=O)CN(c2cccc3ccccc23)S(C)(=O)=O)c2ccccc2)cc1. The number of anilines is 1. The highest BCUT2D eigenvalue weighted by molar-refractivity contribution is 7.92. The van der Waals surface area contributed by atoms with Crippen LogP contribution in [-0.2, 0) is 14.8 Å². The molecule has 33 heavy (non-hydrogen) atoms. The van der Waals surface area contributed by atoms with E-state index in [0.29, 0.717) is 5.69 Å². The minimum atomic E-state index is -3.70. The van der Waals surface area contributed by atoms with E-state index in [1.165, 1.54) is 4.31 Å². The van der Waals surface area contributed by atoms with E-state index in [1.54, 1.807) is 12.1 Å². The van der Waals surface area contributed by atoms with Crippen molar-refractivity contribution in [1.82, 2.24) is 5.32 Å². The maximum absolute atomic E-state index is 13.2. The van der Waals surface area contributed by atoms with Crippen LogP contribution < -0.4 is 9.62 Å². The van der Waals surface area contributed by atoms with Crippen molar-refractivity contribution >= 4 is 32.4 Å². The molecule has 0 heterocycles. The van der Waals surface area contributed by atoms with Gasteiger partial charge in [-0.15, -0.1) is 0 Å². The molecule has 4 rings (SSSR count). The van der Waals surface area contributed by atoms with Gasteiger partial charge in [-0.05, 0) is 29.5 Å². The van der Waals surface area contributed by atoms with Crippen molar-refractivity contribution < 1.29 is 13.2 Å². The van der Waals surface area contributed by atoms with Crippen molar-refractivity contribution in [3.63, 3.8) is 0 Å². The van der Waals surface area contributed by atoms with Crippen molar-refractivity contribution in [2.75, 3.05) is 17.1 Å². The summed E-state index contributed by atoms with van der Waals surface area (Å²) in [6, 6.07) is 30.2. The van der Waals surface area contributed by atoms with Gasteiger partial charge in [0.2, 0.25) is 15.9 Å². The standard InChI is InChI=1S/C27H26N2O3S/c1-20-15-17-23(18-16-20)27(22-10-4-3-5-11-22)28-26(30)19-29(33(2,31)32)25-14-8-12-21-9-6-7-13-24(21)25/h3-18,27H,19H2,1-2H3,(H,28,30). The molecular formula is C27H26N2O3S. The summed E-state index contributed by atoms with van der Waals surface area (Å²) >= 11 is 0. The van der Waals surface area contributed by atoms with Gasteiger partial charge in [0.25, 0.3) is 0 Å².